The molecule has 3 N–H and O–H groups in total. The van der Waals surface area contributed by atoms with Crippen LogP contribution in [0.15, 0.2) is 30.3 Å². The minimum Gasteiger partial charge on any atom is -0.362 e. The van der Waals surface area contributed by atoms with Gasteiger partial charge in [-0.15, -0.1) is 0 Å². The fourth-order valence-electron chi connectivity index (χ4n) is 1.35. The van der Waals surface area contributed by atoms with E-state index in [1.54, 1.807) is 6.07 Å². The van der Waals surface area contributed by atoms with Crippen molar-refractivity contribution in [3.63, 3.8) is 0 Å². The number of Topliss-reactive ketones (excluding diaryl/α,β-unsaturated/α-hetero) is 1. The summed E-state index contributed by atoms with van der Waals surface area (Å²) < 4.78 is 0. The number of nitrogens with one attached hydrogen (secondary N) is 1. The van der Waals surface area contributed by atoms with Gasteiger partial charge in [-0.3, -0.25) is 4.79 Å². The maximum atomic E-state index is 11.2. The van der Waals surface area contributed by atoms with Gasteiger partial charge < -0.3 is 15.2 Å². The smallest absolute Gasteiger partial charge is 0.234 e. The molecule has 0 aliphatic carbocycles. The first-order chi connectivity index (χ1) is 6.68. The van der Waals surface area contributed by atoms with Crippen molar-refractivity contribution in [3.05, 3.63) is 36.0 Å². The van der Waals surface area contributed by atoms with Crippen molar-refractivity contribution in [2.45, 2.75) is 6.29 Å². The van der Waals surface area contributed by atoms with E-state index >= 15 is 0 Å². The topological polar surface area (TPSA) is 73.3 Å². The van der Waals surface area contributed by atoms with Crippen LogP contribution in [-0.2, 0) is 0 Å². The second kappa shape index (κ2) is 3.25. The summed E-state index contributed by atoms with van der Waals surface area (Å²) in [6, 6.07) is 8.93. The molecule has 4 nitrogen and oxygen atoms in total. The fraction of sp³-hybridized carbons (Fsp3) is 0.100. The highest BCUT2D eigenvalue weighted by Gasteiger charge is 2.15. The molecule has 14 heavy (non-hydrogen) atoms. The summed E-state index contributed by atoms with van der Waals surface area (Å²) in [5, 5.41) is 18.2. The van der Waals surface area contributed by atoms with Crippen LogP contribution in [0.1, 0.15) is 10.5 Å². The predicted octanol–water partition coefficient (Wildman–Crippen LogP) is 0.661. The minimum atomic E-state index is -1.96. The van der Waals surface area contributed by atoms with Crippen molar-refractivity contribution in [1.82, 2.24) is 4.98 Å². The van der Waals surface area contributed by atoms with Gasteiger partial charge in [-0.1, -0.05) is 18.2 Å². The summed E-state index contributed by atoms with van der Waals surface area (Å²) in [6.45, 7) is 0. The van der Waals surface area contributed by atoms with Gasteiger partial charge in [0.15, 0.2) is 0 Å². The number of aromatic amines is 1. The number of ketones is 1. The van der Waals surface area contributed by atoms with Gasteiger partial charge >= 0.3 is 0 Å². The Balaban J connectivity index is 2.50. The van der Waals surface area contributed by atoms with Gasteiger partial charge in [0.1, 0.15) is 0 Å². The Hall–Kier alpha value is -1.65. The Morgan fingerprint density at radius 2 is 2.00 bits per heavy atom. The number of aliphatic hydroxyl groups is 2. The molecule has 0 aliphatic rings. The molecule has 4 heteroatoms. The molecule has 1 aromatic heterocycles. The molecule has 0 saturated carbocycles. The van der Waals surface area contributed by atoms with Gasteiger partial charge in [0.2, 0.25) is 12.1 Å². The summed E-state index contributed by atoms with van der Waals surface area (Å²) in [5.41, 5.74) is 1.01. The number of aromatic nitrogens is 1. The largest absolute Gasteiger partial charge is 0.362 e. The third-order valence-electron chi connectivity index (χ3n) is 2.03. The molecule has 0 bridgehead atoms. The fourth-order valence-corrected chi connectivity index (χ4v) is 1.35. The molecule has 0 amide bonds. The molecule has 0 aliphatic heterocycles. The third kappa shape index (κ3) is 1.41. The second-order valence-corrected chi connectivity index (χ2v) is 3.01. The van der Waals surface area contributed by atoms with Crippen LogP contribution in [0.4, 0.5) is 0 Å². The lowest BCUT2D eigenvalue weighted by molar-refractivity contribution is -0.0198. The molecule has 0 radical (unpaired) electrons. The van der Waals surface area contributed by atoms with E-state index in [1.165, 1.54) is 0 Å². The Bertz CT molecular complexity index is 440. The zero-order chi connectivity index (χ0) is 10.1. The Kier molecular flexibility index (Phi) is 2.07. The Labute approximate surface area is 79.8 Å². The highest BCUT2D eigenvalue weighted by atomic mass is 16.5. The van der Waals surface area contributed by atoms with Crippen LogP contribution in [0.25, 0.3) is 10.9 Å². The van der Waals surface area contributed by atoms with E-state index < -0.39 is 12.1 Å². The van der Waals surface area contributed by atoms with Gasteiger partial charge in [-0.25, -0.2) is 0 Å². The van der Waals surface area contributed by atoms with Gasteiger partial charge in [0.25, 0.3) is 0 Å². The SMILES string of the molecule is O=C(c1cc2ccccc2[nH]1)C(O)O. The molecule has 0 atom stereocenters. The molecule has 0 spiro atoms. The number of hydrogen-bond donors (Lipinski definition) is 3. The van der Waals surface area contributed by atoms with E-state index in [2.05, 4.69) is 4.98 Å². The van der Waals surface area contributed by atoms with Crippen LogP contribution in [-0.4, -0.2) is 27.3 Å². The second-order valence-electron chi connectivity index (χ2n) is 3.01. The summed E-state index contributed by atoms with van der Waals surface area (Å²) in [5.74, 6) is -0.721. The lowest BCUT2D eigenvalue weighted by Crippen LogP contribution is -2.19. The van der Waals surface area contributed by atoms with Crippen LogP contribution in [0.2, 0.25) is 0 Å². The Morgan fingerprint density at radius 1 is 1.29 bits per heavy atom. The van der Waals surface area contributed by atoms with Gasteiger partial charge in [0.05, 0.1) is 5.69 Å². The monoisotopic (exact) mass is 191 g/mol. The maximum absolute atomic E-state index is 11.2. The van der Waals surface area contributed by atoms with Gasteiger partial charge in [-0.2, -0.15) is 0 Å². The van der Waals surface area contributed by atoms with Gasteiger partial charge in [0, 0.05) is 10.9 Å². The zero-order valence-electron chi connectivity index (χ0n) is 7.27. The molecule has 0 saturated heterocycles. The average molecular weight is 191 g/mol. The summed E-state index contributed by atoms with van der Waals surface area (Å²) in [4.78, 5) is 14.0. The summed E-state index contributed by atoms with van der Waals surface area (Å²) >= 11 is 0. The number of H-pyrrole nitrogens is 1. The van der Waals surface area contributed by atoms with E-state index in [0.29, 0.717) is 0 Å². The summed E-state index contributed by atoms with van der Waals surface area (Å²) in [6.07, 6.45) is -1.96. The van der Waals surface area contributed by atoms with Crippen molar-refractivity contribution < 1.29 is 15.0 Å². The normalized spacial score (nSPS) is 11.1. The number of benzene rings is 1. The first kappa shape index (κ1) is 8.93. The molecule has 0 unspecified atom stereocenters. The number of aliphatic hydroxyl groups excluding tert-OH is 1. The highest BCUT2D eigenvalue weighted by molar-refractivity contribution is 6.00. The molecule has 1 heterocycles. The zero-order valence-corrected chi connectivity index (χ0v) is 7.27. The van der Waals surface area contributed by atoms with Crippen molar-refractivity contribution >= 4 is 16.7 Å². The van der Waals surface area contributed by atoms with E-state index in [9.17, 15) is 4.79 Å². The quantitative estimate of drug-likeness (QED) is 0.482. The standard InChI is InChI=1S/C10H9NO3/c12-9(10(13)14)8-5-6-3-1-2-4-7(6)11-8/h1-5,10-11,13-14H. The van der Waals surface area contributed by atoms with Crippen molar-refractivity contribution in [3.8, 4) is 0 Å². The van der Waals surface area contributed by atoms with Crippen molar-refractivity contribution in [2.75, 3.05) is 0 Å². The van der Waals surface area contributed by atoms with E-state index in [-0.39, 0.29) is 5.69 Å². The molecule has 1 aromatic carbocycles. The van der Waals surface area contributed by atoms with Crippen molar-refractivity contribution in [1.29, 1.82) is 0 Å². The number of hydrogen-bond acceptors (Lipinski definition) is 3. The van der Waals surface area contributed by atoms with Crippen LogP contribution >= 0.6 is 0 Å². The maximum Gasteiger partial charge on any atom is 0.234 e. The third-order valence-corrected chi connectivity index (χ3v) is 2.03. The number of carbonyl (C=O) groups excluding carboxylic acids is 1. The highest BCUT2D eigenvalue weighted by Crippen LogP contribution is 2.15. The number of carbonyl (C=O) groups is 1. The van der Waals surface area contributed by atoms with Gasteiger partial charge in [-0.05, 0) is 12.1 Å². The average Bonchev–Trinajstić information content (AvgIpc) is 2.59. The van der Waals surface area contributed by atoms with E-state index in [4.69, 9.17) is 10.2 Å². The summed E-state index contributed by atoms with van der Waals surface area (Å²) in [7, 11) is 0. The number of para-hydroxylation sites is 1. The first-order valence-electron chi connectivity index (χ1n) is 4.16. The van der Waals surface area contributed by atoms with Crippen molar-refractivity contribution in [2.24, 2.45) is 0 Å². The first-order valence-corrected chi connectivity index (χ1v) is 4.16. The van der Waals surface area contributed by atoms with E-state index in [0.717, 1.165) is 10.9 Å². The minimum absolute atomic E-state index is 0.209. The molecule has 2 aromatic rings. The molecule has 72 valence electrons. The van der Waals surface area contributed by atoms with Crippen LogP contribution in [0, 0.1) is 0 Å². The molecule has 0 fully saturated rings. The number of rotatable bonds is 2. The van der Waals surface area contributed by atoms with Crippen LogP contribution in [0.5, 0.6) is 0 Å². The lowest BCUT2D eigenvalue weighted by atomic mass is 10.2. The lowest BCUT2D eigenvalue weighted by Gasteiger charge is -1.97. The van der Waals surface area contributed by atoms with E-state index in [1.807, 2.05) is 24.3 Å². The molecular formula is C10H9NO3. The van der Waals surface area contributed by atoms with Crippen LogP contribution < -0.4 is 0 Å². The predicted molar refractivity (Wildman–Crippen MR) is 50.9 cm³/mol. The molecule has 2 rings (SSSR count). The number of fused-ring (bicyclic) bond motifs is 1. The Morgan fingerprint density at radius 3 is 2.64 bits per heavy atom. The molecular weight excluding hydrogens is 182 g/mol. The van der Waals surface area contributed by atoms with Crippen LogP contribution in [0.3, 0.4) is 0 Å².